The molecule has 1 aliphatic carbocycles. The molecule has 1 unspecified atom stereocenters. The first-order valence-corrected chi connectivity index (χ1v) is 7.93. The van der Waals surface area contributed by atoms with Gasteiger partial charge in [0.1, 0.15) is 5.82 Å². The lowest BCUT2D eigenvalue weighted by molar-refractivity contribution is -0.0772. The lowest BCUT2D eigenvalue weighted by Crippen LogP contribution is -2.39. The van der Waals surface area contributed by atoms with E-state index in [1.165, 1.54) is 6.42 Å². The standard InChI is InChI=1S/C17H18BrFO/c1-20-17(9-4-10-17)11-15(18)13-7-8-16(19)14-6-3-2-5-12(13)14/h2-3,5-8,15H,4,9-11H2,1H3. The number of halogens is 2. The number of benzene rings is 2. The smallest absolute Gasteiger partial charge is 0.131 e. The normalized spacial score (nSPS) is 18.8. The van der Waals surface area contributed by atoms with Gasteiger partial charge in [0.05, 0.1) is 5.60 Å². The van der Waals surface area contributed by atoms with E-state index < -0.39 is 0 Å². The van der Waals surface area contributed by atoms with Crippen LogP contribution in [0, 0.1) is 5.82 Å². The highest BCUT2D eigenvalue weighted by Gasteiger charge is 2.39. The zero-order valence-electron chi connectivity index (χ0n) is 11.5. The van der Waals surface area contributed by atoms with Gasteiger partial charge >= 0.3 is 0 Å². The molecule has 1 atom stereocenters. The lowest BCUT2D eigenvalue weighted by atomic mass is 9.76. The van der Waals surface area contributed by atoms with Crippen LogP contribution >= 0.6 is 15.9 Å². The van der Waals surface area contributed by atoms with Crippen molar-refractivity contribution < 1.29 is 9.13 Å². The van der Waals surface area contributed by atoms with E-state index in [9.17, 15) is 4.39 Å². The van der Waals surface area contributed by atoms with Gasteiger partial charge in [-0.15, -0.1) is 0 Å². The number of alkyl halides is 1. The van der Waals surface area contributed by atoms with Gasteiger partial charge in [0.2, 0.25) is 0 Å². The van der Waals surface area contributed by atoms with Crippen molar-refractivity contribution in [3.8, 4) is 0 Å². The van der Waals surface area contributed by atoms with Gasteiger partial charge in [-0.2, -0.15) is 0 Å². The highest BCUT2D eigenvalue weighted by molar-refractivity contribution is 9.09. The third-order valence-corrected chi connectivity index (χ3v) is 5.31. The van der Waals surface area contributed by atoms with Gasteiger partial charge in [-0.1, -0.05) is 46.3 Å². The lowest BCUT2D eigenvalue weighted by Gasteiger charge is -2.42. The molecule has 106 valence electrons. The molecule has 2 aromatic rings. The predicted molar refractivity (Wildman–Crippen MR) is 83.8 cm³/mol. The Hall–Kier alpha value is -0.930. The molecule has 0 spiro atoms. The second-order valence-corrected chi connectivity index (χ2v) is 6.70. The molecular weight excluding hydrogens is 319 g/mol. The van der Waals surface area contributed by atoms with Crippen LogP contribution in [0.5, 0.6) is 0 Å². The first-order valence-electron chi connectivity index (χ1n) is 7.02. The van der Waals surface area contributed by atoms with Crippen molar-refractivity contribution in [2.75, 3.05) is 7.11 Å². The number of ether oxygens (including phenoxy) is 1. The fourth-order valence-electron chi connectivity index (χ4n) is 3.06. The Kier molecular flexibility index (Phi) is 3.83. The second-order valence-electron chi connectivity index (χ2n) is 5.59. The Morgan fingerprint density at radius 1 is 1.20 bits per heavy atom. The molecule has 3 heteroatoms. The molecule has 1 nitrogen and oxygen atoms in total. The molecule has 0 radical (unpaired) electrons. The maximum atomic E-state index is 13.9. The molecule has 0 N–H and O–H groups in total. The number of methoxy groups -OCH3 is 1. The molecule has 1 saturated carbocycles. The molecule has 0 amide bonds. The van der Waals surface area contributed by atoms with Crippen LogP contribution in [0.15, 0.2) is 36.4 Å². The monoisotopic (exact) mass is 336 g/mol. The van der Waals surface area contributed by atoms with Crippen LogP contribution < -0.4 is 0 Å². The zero-order chi connectivity index (χ0) is 14.2. The number of fused-ring (bicyclic) bond motifs is 1. The van der Waals surface area contributed by atoms with E-state index in [4.69, 9.17) is 4.74 Å². The Labute approximate surface area is 127 Å². The third-order valence-electron chi connectivity index (χ3n) is 4.49. The van der Waals surface area contributed by atoms with Gasteiger partial charge in [-0.3, -0.25) is 0 Å². The Balaban J connectivity index is 1.95. The van der Waals surface area contributed by atoms with Gasteiger partial charge < -0.3 is 4.74 Å². The summed E-state index contributed by atoms with van der Waals surface area (Å²) in [4.78, 5) is 0.188. The molecule has 2 aromatic carbocycles. The fraction of sp³-hybridized carbons (Fsp3) is 0.412. The number of rotatable bonds is 4. The van der Waals surface area contributed by atoms with E-state index >= 15 is 0 Å². The second kappa shape index (κ2) is 5.45. The summed E-state index contributed by atoms with van der Waals surface area (Å²) in [5, 5.41) is 1.68. The van der Waals surface area contributed by atoms with Crippen molar-refractivity contribution in [2.45, 2.75) is 36.1 Å². The van der Waals surface area contributed by atoms with E-state index in [0.717, 1.165) is 30.2 Å². The first-order chi connectivity index (χ1) is 9.65. The van der Waals surface area contributed by atoms with E-state index in [1.54, 1.807) is 13.2 Å². The molecule has 0 heterocycles. The minimum atomic E-state index is -0.158. The Morgan fingerprint density at radius 2 is 1.90 bits per heavy atom. The van der Waals surface area contributed by atoms with Gasteiger partial charge in [0.15, 0.2) is 0 Å². The average Bonchev–Trinajstić information content (AvgIpc) is 2.43. The third kappa shape index (κ3) is 2.38. The average molecular weight is 337 g/mol. The molecule has 0 bridgehead atoms. The molecule has 0 aliphatic heterocycles. The summed E-state index contributed by atoms with van der Waals surface area (Å²) in [7, 11) is 1.79. The van der Waals surface area contributed by atoms with E-state index in [2.05, 4.69) is 15.9 Å². The summed E-state index contributed by atoms with van der Waals surface area (Å²) >= 11 is 3.78. The summed E-state index contributed by atoms with van der Waals surface area (Å²) in [6.07, 6.45) is 4.40. The SMILES string of the molecule is COC1(CC(Br)c2ccc(F)c3ccccc23)CCC1. The highest BCUT2D eigenvalue weighted by Crippen LogP contribution is 2.45. The maximum Gasteiger partial charge on any atom is 0.131 e. The summed E-state index contributed by atoms with van der Waals surface area (Å²) in [5.74, 6) is -0.158. The fourth-order valence-corrected chi connectivity index (χ4v) is 4.05. The number of hydrogen-bond donors (Lipinski definition) is 0. The molecule has 1 aliphatic rings. The van der Waals surface area contributed by atoms with Crippen molar-refractivity contribution in [2.24, 2.45) is 0 Å². The van der Waals surface area contributed by atoms with Crippen LogP contribution in [0.25, 0.3) is 10.8 Å². The predicted octanol–water partition coefficient (Wildman–Crippen LogP) is 5.37. The van der Waals surface area contributed by atoms with Gasteiger partial charge in [-0.05, 0) is 42.7 Å². The molecular formula is C17H18BrFO. The first kappa shape index (κ1) is 14.0. The van der Waals surface area contributed by atoms with Gasteiger partial charge in [0.25, 0.3) is 0 Å². The van der Waals surface area contributed by atoms with Crippen LogP contribution in [0.3, 0.4) is 0 Å². The summed E-state index contributed by atoms with van der Waals surface area (Å²) < 4.78 is 19.6. The van der Waals surface area contributed by atoms with Gasteiger partial charge in [-0.25, -0.2) is 4.39 Å². The van der Waals surface area contributed by atoms with Crippen molar-refractivity contribution >= 4 is 26.7 Å². The molecule has 1 fully saturated rings. The number of hydrogen-bond acceptors (Lipinski definition) is 1. The van der Waals surface area contributed by atoms with Crippen molar-refractivity contribution in [1.29, 1.82) is 0 Å². The van der Waals surface area contributed by atoms with Crippen molar-refractivity contribution in [3.63, 3.8) is 0 Å². The van der Waals surface area contributed by atoms with E-state index in [0.29, 0.717) is 5.39 Å². The van der Waals surface area contributed by atoms with Crippen LogP contribution in [0.2, 0.25) is 0 Å². The maximum absolute atomic E-state index is 13.9. The Bertz CT molecular complexity index is 616. The zero-order valence-corrected chi connectivity index (χ0v) is 13.1. The molecule has 0 aromatic heterocycles. The quantitative estimate of drug-likeness (QED) is 0.681. The topological polar surface area (TPSA) is 9.23 Å². The van der Waals surface area contributed by atoms with E-state index in [1.807, 2.05) is 30.3 Å². The van der Waals surface area contributed by atoms with E-state index in [-0.39, 0.29) is 16.2 Å². The van der Waals surface area contributed by atoms with Crippen LogP contribution in [0.4, 0.5) is 4.39 Å². The minimum absolute atomic E-state index is 0.00363. The van der Waals surface area contributed by atoms with Crippen LogP contribution in [-0.4, -0.2) is 12.7 Å². The van der Waals surface area contributed by atoms with Crippen LogP contribution in [0.1, 0.15) is 36.1 Å². The molecule has 3 rings (SSSR count). The Morgan fingerprint density at radius 3 is 2.50 bits per heavy atom. The summed E-state index contributed by atoms with van der Waals surface area (Å²) in [6.45, 7) is 0. The molecule has 20 heavy (non-hydrogen) atoms. The highest BCUT2D eigenvalue weighted by atomic mass is 79.9. The minimum Gasteiger partial charge on any atom is -0.378 e. The van der Waals surface area contributed by atoms with Crippen LogP contribution in [-0.2, 0) is 4.74 Å². The van der Waals surface area contributed by atoms with Crippen molar-refractivity contribution in [3.05, 3.63) is 47.8 Å². The van der Waals surface area contributed by atoms with Gasteiger partial charge in [0, 0.05) is 17.3 Å². The largest absolute Gasteiger partial charge is 0.378 e. The van der Waals surface area contributed by atoms with Crippen molar-refractivity contribution in [1.82, 2.24) is 0 Å². The summed E-state index contributed by atoms with van der Waals surface area (Å²) in [6, 6.07) is 11.1. The molecule has 0 saturated heterocycles. The summed E-state index contributed by atoms with van der Waals surface area (Å²) in [5.41, 5.74) is 1.15.